The first-order valence-electron chi connectivity index (χ1n) is 4.69. The molecule has 0 bridgehead atoms. The highest BCUT2D eigenvalue weighted by atomic mass is 16.5. The predicted molar refractivity (Wildman–Crippen MR) is 56.2 cm³/mol. The number of benzene rings is 1. The Morgan fingerprint density at radius 1 is 1.33 bits per heavy atom. The molecule has 1 rings (SSSR count). The van der Waals surface area contributed by atoms with Gasteiger partial charge in [0.25, 0.3) is 0 Å². The maximum atomic E-state index is 10.9. The molecule has 2 atom stereocenters. The molecule has 4 nitrogen and oxygen atoms in total. The van der Waals surface area contributed by atoms with Crippen LogP contribution in [0.2, 0.25) is 0 Å². The van der Waals surface area contributed by atoms with Gasteiger partial charge in [0.15, 0.2) is 6.10 Å². The van der Waals surface area contributed by atoms with E-state index < -0.39 is 18.1 Å². The predicted octanol–water partition coefficient (Wildman–Crippen LogP) is 2.45. The number of esters is 1. The molecular formula is C11H13NO3. The van der Waals surface area contributed by atoms with Crippen LogP contribution in [0, 0.1) is 4.91 Å². The lowest BCUT2D eigenvalue weighted by molar-refractivity contribution is -0.147. The van der Waals surface area contributed by atoms with Gasteiger partial charge in [0.05, 0.1) is 0 Å². The van der Waals surface area contributed by atoms with Crippen LogP contribution >= 0.6 is 0 Å². The quantitative estimate of drug-likeness (QED) is 0.562. The molecular weight excluding hydrogens is 194 g/mol. The van der Waals surface area contributed by atoms with E-state index in [4.69, 9.17) is 4.74 Å². The van der Waals surface area contributed by atoms with Gasteiger partial charge in [-0.2, -0.15) is 4.91 Å². The maximum Gasteiger partial charge on any atom is 0.303 e. The van der Waals surface area contributed by atoms with Crippen LogP contribution in [0.1, 0.15) is 25.5 Å². The number of rotatable bonds is 4. The zero-order chi connectivity index (χ0) is 11.3. The Kier molecular flexibility index (Phi) is 3.97. The molecule has 1 aromatic carbocycles. The van der Waals surface area contributed by atoms with E-state index in [0.717, 1.165) is 5.56 Å². The van der Waals surface area contributed by atoms with Gasteiger partial charge in [0, 0.05) is 6.92 Å². The zero-order valence-electron chi connectivity index (χ0n) is 8.71. The van der Waals surface area contributed by atoms with Gasteiger partial charge in [-0.15, -0.1) is 0 Å². The standard InChI is InChI=1S/C11H13NO3/c1-8(12-14)11(15-9(2)13)10-6-4-3-5-7-10/h3-8,11H,1-2H3. The van der Waals surface area contributed by atoms with Crippen LogP contribution < -0.4 is 0 Å². The molecule has 0 aliphatic heterocycles. The van der Waals surface area contributed by atoms with Crippen molar-refractivity contribution in [3.8, 4) is 0 Å². The second kappa shape index (κ2) is 5.24. The van der Waals surface area contributed by atoms with Gasteiger partial charge in [-0.3, -0.25) is 4.79 Å². The minimum absolute atomic E-state index is 0.417. The van der Waals surface area contributed by atoms with Crippen molar-refractivity contribution >= 4 is 5.97 Å². The van der Waals surface area contributed by atoms with Crippen molar-refractivity contribution in [1.82, 2.24) is 0 Å². The summed E-state index contributed by atoms with van der Waals surface area (Å²) in [5.74, 6) is -0.417. The van der Waals surface area contributed by atoms with Gasteiger partial charge in [-0.05, 0) is 12.5 Å². The van der Waals surface area contributed by atoms with Gasteiger partial charge in [0.2, 0.25) is 0 Å². The molecule has 0 aliphatic carbocycles. The van der Waals surface area contributed by atoms with Crippen LogP contribution in [0.3, 0.4) is 0 Å². The average molecular weight is 207 g/mol. The normalized spacial score (nSPS) is 14.0. The highest BCUT2D eigenvalue weighted by Crippen LogP contribution is 2.23. The Labute approximate surface area is 88.2 Å². The lowest BCUT2D eigenvalue weighted by Crippen LogP contribution is -2.18. The second-order valence-corrected chi connectivity index (χ2v) is 3.29. The van der Waals surface area contributed by atoms with E-state index in [1.54, 1.807) is 19.1 Å². The fourth-order valence-electron chi connectivity index (χ4n) is 1.32. The smallest absolute Gasteiger partial charge is 0.303 e. The minimum Gasteiger partial charge on any atom is -0.455 e. The lowest BCUT2D eigenvalue weighted by atomic mass is 10.0. The van der Waals surface area contributed by atoms with Crippen molar-refractivity contribution in [3.63, 3.8) is 0 Å². The Bertz CT molecular complexity index is 337. The Morgan fingerprint density at radius 3 is 2.40 bits per heavy atom. The van der Waals surface area contributed by atoms with E-state index in [2.05, 4.69) is 5.18 Å². The largest absolute Gasteiger partial charge is 0.455 e. The fraction of sp³-hybridized carbons (Fsp3) is 0.364. The van der Waals surface area contributed by atoms with E-state index in [1.165, 1.54) is 6.92 Å². The molecule has 80 valence electrons. The van der Waals surface area contributed by atoms with E-state index >= 15 is 0 Å². The number of hydrogen-bond donors (Lipinski definition) is 0. The van der Waals surface area contributed by atoms with Crippen molar-refractivity contribution in [2.75, 3.05) is 0 Å². The van der Waals surface area contributed by atoms with Gasteiger partial charge in [-0.1, -0.05) is 35.5 Å². The highest BCUT2D eigenvalue weighted by Gasteiger charge is 2.22. The summed E-state index contributed by atoms with van der Waals surface area (Å²) in [6.07, 6.45) is -0.596. The maximum absolute atomic E-state index is 10.9. The first-order chi connectivity index (χ1) is 7.15. The van der Waals surface area contributed by atoms with Gasteiger partial charge >= 0.3 is 5.97 Å². The van der Waals surface area contributed by atoms with Crippen LogP contribution in [-0.4, -0.2) is 12.0 Å². The SMILES string of the molecule is CC(=O)OC(c1ccccc1)C(C)N=O. The summed E-state index contributed by atoms with van der Waals surface area (Å²) in [5.41, 5.74) is 0.778. The number of ether oxygens (including phenoxy) is 1. The Hall–Kier alpha value is -1.71. The summed E-state index contributed by atoms with van der Waals surface area (Å²) in [7, 11) is 0. The van der Waals surface area contributed by atoms with E-state index in [0.29, 0.717) is 0 Å². The van der Waals surface area contributed by atoms with Crippen LogP contribution in [-0.2, 0) is 9.53 Å². The molecule has 2 unspecified atom stereocenters. The summed E-state index contributed by atoms with van der Waals surface area (Å²) in [6, 6.07) is 8.52. The van der Waals surface area contributed by atoms with E-state index in [9.17, 15) is 9.70 Å². The van der Waals surface area contributed by atoms with Crippen molar-refractivity contribution < 1.29 is 9.53 Å². The highest BCUT2D eigenvalue weighted by molar-refractivity contribution is 5.66. The molecule has 0 saturated carbocycles. The molecule has 0 saturated heterocycles. The minimum atomic E-state index is -0.596. The van der Waals surface area contributed by atoms with Crippen molar-refractivity contribution in [3.05, 3.63) is 40.8 Å². The molecule has 0 N–H and O–H groups in total. The van der Waals surface area contributed by atoms with Crippen LogP contribution in [0.15, 0.2) is 35.5 Å². The number of carbonyl (C=O) groups is 1. The summed E-state index contributed by atoms with van der Waals surface area (Å²) in [5, 5.41) is 2.89. The number of hydrogen-bond acceptors (Lipinski definition) is 4. The summed E-state index contributed by atoms with van der Waals surface area (Å²) < 4.78 is 5.06. The summed E-state index contributed by atoms with van der Waals surface area (Å²) >= 11 is 0. The molecule has 0 aliphatic rings. The molecule has 15 heavy (non-hydrogen) atoms. The van der Waals surface area contributed by atoms with Gasteiger partial charge in [0.1, 0.15) is 6.04 Å². The van der Waals surface area contributed by atoms with Gasteiger partial charge in [-0.25, -0.2) is 0 Å². The number of nitrogens with zero attached hydrogens (tertiary/aromatic N) is 1. The van der Waals surface area contributed by atoms with Crippen molar-refractivity contribution in [1.29, 1.82) is 0 Å². The molecule has 0 spiro atoms. The fourth-order valence-corrected chi connectivity index (χ4v) is 1.32. The number of nitroso groups, excluding NO2 is 1. The second-order valence-electron chi connectivity index (χ2n) is 3.29. The van der Waals surface area contributed by atoms with Crippen LogP contribution in [0.4, 0.5) is 0 Å². The molecule has 0 aromatic heterocycles. The van der Waals surface area contributed by atoms with E-state index in [1.807, 2.05) is 18.2 Å². The topological polar surface area (TPSA) is 55.7 Å². The van der Waals surface area contributed by atoms with Crippen molar-refractivity contribution in [2.45, 2.75) is 26.0 Å². The average Bonchev–Trinajstić information content (AvgIpc) is 2.26. The molecule has 0 radical (unpaired) electrons. The third-order valence-electron chi connectivity index (χ3n) is 2.03. The lowest BCUT2D eigenvalue weighted by Gasteiger charge is -2.18. The van der Waals surface area contributed by atoms with E-state index in [-0.39, 0.29) is 0 Å². The first kappa shape index (κ1) is 11.4. The third kappa shape index (κ3) is 3.16. The van der Waals surface area contributed by atoms with Crippen molar-refractivity contribution in [2.24, 2.45) is 5.18 Å². The molecule has 1 aromatic rings. The number of carbonyl (C=O) groups excluding carboxylic acids is 1. The Morgan fingerprint density at radius 2 is 1.93 bits per heavy atom. The van der Waals surface area contributed by atoms with Gasteiger partial charge < -0.3 is 4.74 Å². The monoisotopic (exact) mass is 207 g/mol. The van der Waals surface area contributed by atoms with Crippen LogP contribution in [0.25, 0.3) is 0 Å². The summed E-state index contributed by atoms with van der Waals surface area (Å²) in [4.78, 5) is 21.3. The summed E-state index contributed by atoms with van der Waals surface area (Å²) in [6.45, 7) is 2.93. The molecule has 0 heterocycles. The zero-order valence-corrected chi connectivity index (χ0v) is 8.71. The third-order valence-corrected chi connectivity index (χ3v) is 2.03. The Balaban J connectivity index is 2.90. The molecule has 4 heteroatoms. The first-order valence-corrected chi connectivity index (χ1v) is 4.69. The molecule has 0 fully saturated rings. The van der Waals surface area contributed by atoms with Crippen LogP contribution in [0.5, 0.6) is 0 Å². The molecule has 0 amide bonds.